The minimum Gasteiger partial charge on any atom is -0.458 e. The normalized spacial score (nSPS) is 18.2. The average molecular weight is 208 g/mol. The predicted molar refractivity (Wildman–Crippen MR) is 55.4 cm³/mol. The SMILES string of the molecule is CCC(OC=O)c1cnc(C2CCC2)[nH]1. The molecule has 0 spiro atoms. The fourth-order valence-electron chi connectivity index (χ4n) is 1.86. The van der Waals surface area contributed by atoms with E-state index in [1.807, 2.05) is 6.92 Å². The molecular weight excluding hydrogens is 192 g/mol. The third-order valence-electron chi connectivity index (χ3n) is 3.04. The molecule has 0 aromatic carbocycles. The number of rotatable bonds is 5. The monoisotopic (exact) mass is 208 g/mol. The van der Waals surface area contributed by atoms with Crippen LogP contribution in [0.3, 0.4) is 0 Å². The first kappa shape index (κ1) is 10.2. The Hall–Kier alpha value is -1.32. The van der Waals surface area contributed by atoms with E-state index >= 15 is 0 Å². The van der Waals surface area contributed by atoms with Crippen LogP contribution < -0.4 is 0 Å². The van der Waals surface area contributed by atoms with Crippen molar-refractivity contribution in [3.8, 4) is 0 Å². The molecule has 1 aromatic rings. The number of aromatic nitrogens is 2. The van der Waals surface area contributed by atoms with E-state index in [2.05, 4.69) is 9.97 Å². The molecule has 1 saturated carbocycles. The van der Waals surface area contributed by atoms with Crippen molar-refractivity contribution in [3.63, 3.8) is 0 Å². The van der Waals surface area contributed by atoms with Gasteiger partial charge in [-0.3, -0.25) is 4.79 Å². The van der Waals surface area contributed by atoms with Crippen LogP contribution in [0.1, 0.15) is 56.1 Å². The molecule has 1 aliphatic carbocycles. The number of aromatic amines is 1. The molecule has 4 nitrogen and oxygen atoms in total. The first-order chi connectivity index (χ1) is 7.35. The summed E-state index contributed by atoms with van der Waals surface area (Å²) in [4.78, 5) is 17.9. The number of imidazole rings is 1. The molecule has 1 atom stereocenters. The zero-order valence-electron chi connectivity index (χ0n) is 8.90. The van der Waals surface area contributed by atoms with E-state index < -0.39 is 0 Å². The van der Waals surface area contributed by atoms with Crippen molar-refractivity contribution < 1.29 is 9.53 Å². The highest BCUT2D eigenvalue weighted by molar-refractivity contribution is 5.38. The van der Waals surface area contributed by atoms with Gasteiger partial charge in [0.05, 0.1) is 11.9 Å². The molecule has 1 heterocycles. The van der Waals surface area contributed by atoms with Gasteiger partial charge in [0.15, 0.2) is 0 Å². The summed E-state index contributed by atoms with van der Waals surface area (Å²) < 4.78 is 4.97. The largest absolute Gasteiger partial charge is 0.458 e. The summed E-state index contributed by atoms with van der Waals surface area (Å²) in [5.74, 6) is 1.64. The number of ether oxygens (including phenoxy) is 1. The molecule has 0 saturated heterocycles. The molecule has 1 aromatic heterocycles. The summed E-state index contributed by atoms with van der Waals surface area (Å²) in [6, 6.07) is 0. The van der Waals surface area contributed by atoms with Gasteiger partial charge in [-0.2, -0.15) is 0 Å². The van der Waals surface area contributed by atoms with Crippen molar-refractivity contribution in [1.29, 1.82) is 0 Å². The lowest BCUT2D eigenvalue weighted by molar-refractivity contribution is -0.134. The standard InChI is InChI=1S/C11H16N2O2/c1-2-10(15-7-14)9-6-12-11(13-9)8-4-3-5-8/h6-8,10H,2-5H2,1H3,(H,12,13). The summed E-state index contributed by atoms with van der Waals surface area (Å²) in [6.07, 6.45) is 6.11. The summed E-state index contributed by atoms with van der Waals surface area (Å²) >= 11 is 0. The first-order valence-electron chi connectivity index (χ1n) is 5.49. The van der Waals surface area contributed by atoms with Crippen LogP contribution in [0.5, 0.6) is 0 Å². The molecule has 15 heavy (non-hydrogen) atoms. The van der Waals surface area contributed by atoms with Gasteiger partial charge >= 0.3 is 0 Å². The van der Waals surface area contributed by atoms with E-state index in [4.69, 9.17) is 4.74 Å². The van der Waals surface area contributed by atoms with Crippen LogP contribution in [-0.4, -0.2) is 16.4 Å². The molecular formula is C11H16N2O2. The lowest BCUT2D eigenvalue weighted by Crippen LogP contribution is -2.10. The first-order valence-corrected chi connectivity index (χ1v) is 5.49. The Morgan fingerprint density at radius 3 is 3.07 bits per heavy atom. The number of carbonyl (C=O) groups is 1. The number of nitrogens with zero attached hydrogens (tertiary/aromatic N) is 1. The molecule has 2 rings (SSSR count). The van der Waals surface area contributed by atoms with Gasteiger partial charge in [-0.15, -0.1) is 0 Å². The Kier molecular flexibility index (Phi) is 3.04. The second-order valence-electron chi connectivity index (χ2n) is 3.98. The van der Waals surface area contributed by atoms with Gasteiger partial charge in [0.2, 0.25) is 0 Å². The van der Waals surface area contributed by atoms with Crippen LogP contribution in [0.4, 0.5) is 0 Å². The topological polar surface area (TPSA) is 55.0 Å². The van der Waals surface area contributed by atoms with Gasteiger partial charge < -0.3 is 9.72 Å². The van der Waals surface area contributed by atoms with Crippen molar-refractivity contribution in [1.82, 2.24) is 9.97 Å². The maximum absolute atomic E-state index is 10.3. The maximum Gasteiger partial charge on any atom is 0.293 e. The minimum atomic E-state index is -0.177. The van der Waals surface area contributed by atoms with Crippen LogP contribution in [0, 0.1) is 0 Å². The lowest BCUT2D eigenvalue weighted by atomic mass is 9.85. The number of carbonyl (C=O) groups excluding carboxylic acids is 1. The second-order valence-corrected chi connectivity index (χ2v) is 3.98. The summed E-state index contributed by atoms with van der Waals surface area (Å²) in [5, 5.41) is 0. The molecule has 1 aliphatic rings. The molecule has 0 amide bonds. The van der Waals surface area contributed by atoms with Crippen molar-refractivity contribution in [3.05, 3.63) is 17.7 Å². The van der Waals surface area contributed by atoms with Crippen LogP contribution >= 0.6 is 0 Å². The Balaban J connectivity index is 2.06. The van der Waals surface area contributed by atoms with Crippen molar-refractivity contribution in [2.75, 3.05) is 0 Å². The predicted octanol–water partition coefficient (Wildman–Crippen LogP) is 2.30. The Morgan fingerprint density at radius 1 is 1.73 bits per heavy atom. The van der Waals surface area contributed by atoms with E-state index in [1.165, 1.54) is 19.3 Å². The molecule has 1 N–H and O–H groups in total. The highest BCUT2D eigenvalue weighted by Gasteiger charge is 2.23. The molecule has 0 radical (unpaired) electrons. The Labute approximate surface area is 89.0 Å². The van der Waals surface area contributed by atoms with E-state index in [9.17, 15) is 4.79 Å². The lowest BCUT2D eigenvalue weighted by Gasteiger charge is -2.22. The van der Waals surface area contributed by atoms with E-state index in [-0.39, 0.29) is 6.10 Å². The van der Waals surface area contributed by atoms with Gasteiger partial charge in [0.1, 0.15) is 11.9 Å². The van der Waals surface area contributed by atoms with Gasteiger partial charge in [-0.25, -0.2) is 4.98 Å². The van der Waals surface area contributed by atoms with Crippen LogP contribution in [0.15, 0.2) is 6.20 Å². The second kappa shape index (κ2) is 4.47. The molecule has 1 unspecified atom stereocenters. The highest BCUT2D eigenvalue weighted by atomic mass is 16.5. The number of hydrogen-bond donors (Lipinski definition) is 1. The summed E-state index contributed by atoms with van der Waals surface area (Å²) in [5.41, 5.74) is 0.909. The Bertz CT molecular complexity index is 331. The van der Waals surface area contributed by atoms with Crippen LogP contribution in [0.25, 0.3) is 0 Å². The molecule has 0 aliphatic heterocycles. The quantitative estimate of drug-likeness (QED) is 0.755. The van der Waals surface area contributed by atoms with Crippen molar-refractivity contribution in [2.24, 2.45) is 0 Å². The third kappa shape index (κ3) is 2.03. The van der Waals surface area contributed by atoms with E-state index in [0.29, 0.717) is 12.4 Å². The minimum absolute atomic E-state index is 0.177. The van der Waals surface area contributed by atoms with Crippen molar-refractivity contribution >= 4 is 6.47 Å². The van der Waals surface area contributed by atoms with Crippen LogP contribution in [0.2, 0.25) is 0 Å². The van der Waals surface area contributed by atoms with Gasteiger partial charge in [0.25, 0.3) is 6.47 Å². The summed E-state index contributed by atoms with van der Waals surface area (Å²) in [7, 11) is 0. The van der Waals surface area contributed by atoms with Crippen molar-refractivity contribution in [2.45, 2.75) is 44.6 Å². The maximum atomic E-state index is 10.3. The zero-order valence-corrected chi connectivity index (χ0v) is 8.90. The van der Waals surface area contributed by atoms with Gasteiger partial charge in [-0.05, 0) is 19.3 Å². The number of H-pyrrole nitrogens is 1. The van der Waals surface area contributed by atoms with E-state index in [1.54, 1.807) is 6.20 Å². The molecule has 4 heteroatoms. The smallest absolute Gasteiger partial charge is 0.293 e. The zero-order chi connectivity index (χ0) is 10.7. The molecule has 82 valence electrons. The fourth-order valence-corrected chi connectivity index (χ4v) is 1.86. The Morgan fingerprint density at radius 2 is 2.53 bits per heavy atom. The average Bonchev–Trinajstić information content (AvgIpc) is 2.60. The summed E-state index contributed by atoms with van der Waals surface area (Å²) in [6.45, 7) is 2.48. The third-order valence-corrected chi connectivity index (χ3v) is 3.04. The van der Waals surface area contributed by atoms with E-state index in [0.717, 1.165) is 17.9 Å². The number of nitrogens with one attached hydrogen (secondary N) is 1. The molecule has 1 fully saturated rings. The number of hydrogen-bond acceptors (Lipinski definition) is 3. The van der Waals surface area contributed by atoms with Crippen LogP contribution in [-0.2, 0) is 9.53 Å². The fraction of sp³-hybridized carbons (Fsp3) is 0.636. The van der Waals surface area contributed by atoms with Gasteiger partial charge in [-0.1, -0.05) is 13.3 Å². The van der Waals surface area contributed by atoms with Gasteiger partial charge in [0, 0.05) is 5.92 Å². The highest BCUT2D eigenvalue weighted by Crippen LogP contribution is 2.35. The molecule has 0 bridgehead atoms.